The number of rotatable bonds is 8. The Balaban J connectivity index is 1.83. The maximum absolute atomic E-state index is 12.3. The van der Waals surface area contributed by atoms with E-state index in [9.17, 15) is 9.59 Å². The van der Waals surface area contributed by atoms with Crippen molar-refractivity contribution in [2.24, 2.45) is 0 Å². The number of carbonyl (C=O) groups excluding carboxylic acids is 2. The summed E-state index contributed by atoms with van der Waals surface area (Å²) >= 11 is 0. The van der Waals surface area contributed by atoms with E-state index in [2.05, 4.69) is 17.8 Å². The number of benzene rings is 2. The van der Waals surface area contributed by atoms with E-state index in [1.165, 1.54) is 0 Å². The van der Waals surface area contributed by atoms with Gasteiger partial charge in [0.15, 0.2) is 6.61 Å². The largest absolute Gasteiger partial charge is 0.493 e. The standard InChI is InChI=1S/C20H24N2O4/c1-3-4-12-25-18-11-6-5-10-17(18)20(24)22-21-19(23)14-26-16-9-7-8-15(2)13-16/h5-11,13H,3-4,12,14H2,1-2H3,(H,21,23)(H,22,24). The van der Waals surface area contributed by atoms with Crippen LogP contribution in [0.5, 0.6) is 11.5 Å². The lowest BCUT2D eigenvalue weighted by Crippen LogP contribution is -2.43. The topological polar surface area (TPSA) is 76.7 Å². The molecule has 0 fully saturated rings. The van der Waals surface area contributed by atoms with Crippen LogP contribution in [-0.4, -0.2) is 25.0 Å². The van der Waals surface area contributed by atoms with Crippen LogP contribution in [0.15, 0.2) is 48.5 Å². The van der Waals surface area contributed by atoms with Crippen LogP contribution in [0, 0.1) is 6.92 Å². The number of nitrogens with one attached hydrogen (secondary N) is 2. The molecule has 0 radical (unpaired) electrons. The second kappa shape index (κ2) is 10.1. The van der Waals surface area contributed by atoms with Crippen molar-refractivity contribution in [3.8, 4) is 11.5 Å². The third kappa shape index (κ3) is 6.12. The summed E-state index contributed by atoms with van der Waals surface area (Å²) in [6.07, 6.45) is 1.91. The second-order valence-corrected chi connectivity index (χ2v) is 5.81. The van der Waals surface area contributed by atoms with Gasteiger partial charge in [-0.15, -0.1) is 0 Å². The maximum atomic E-state index is 12.3. The minimum absolute atomic E-state index is 0.196. The van der Waals surface area contributed by atoms with Crippen LogP contribution in [0.1, 0.15) is 35.7 Å². The van der Waals surface area contributed by atoms with Gasteiger partial charge in [0.2, 0.25) is 0 Å². The van der Waals surface area contributed by atoms with Gasteiger partial charge < -0.3 is 9.47 Å². The minimum Gasteiger partial charge on any atom is -0.493 e. The first-order chi connectivity index (χ1) is 12.6. The first kappa shape index (κ1) is 19.3. The molecule has 0 unspecified atom stereocenters. The van der Waals surface area contributed by atoms with Crippen molar-refractivity contribution in [2.75, 3.05) is 13.2 Å². The number of hydrogen-bond donors (Lipinski definition) is 2. The molecule has 0 aromatic heterocycles. The van der Waals surface area contributed by atoms with Gasteiger partial charge >= 0.3 is 0 Å². The van der Waals surface area contributed by atoms with Crippen molar-refractivity contribution in [1.29, 1.82) is 0 Å². The zero-order valence-corrected chi connectivity index (χ0v) is 15.1. The molecule has 26 heavy (non-hydrogen) atoms. The smallest absolute Gasteiger partial charge is 0.276 e. The number of ether oxygens (including phenoxy) is 2. The summed E-state index contributed by atoms with van der Waals surface area (Å²) in [7, 11) is 0. The fourth-order valence-corrected chi connectivity index (χ4v) is 2.19. The van der Waals surface area contributed by atoms with Crippen molar-refractivity contribution < 1.29 is 19.1 Å². The molecule has 0 saturated heterocycles. The van der Waals surface area contributed by atoms with Crippen LogP contribution < -0.4 is 20.3 Å². The number of para-hydroxylation sites is 1. The molecule has 0 saturated carbocycles. The summed E-state index contributed by atoms with van der Waals surface area (Å²) in [6, 6.07) is 14.3. The lowest BCUT2D eigenvalue weighted by Gasteiger charge is -2.12. The van der Waals surface area contributed by atoms with Crippen LogP contribution >= 0.6 is 0 Å². The quantitative estimate of drug-likeness (QED) is 0.563. The Bertz CT molecular complexity index is 746. The molecule has 0 spiro atoms. The molecule has 0 heterocycles. The number of hydrazine groups is 1. The van der Waals surface area contributed by atoms with Gasteiger partial charge in [0.1, 0.15) is 11.5 Å². The Morgan fingerprint density at radius 3 is 2.58 bits per heavy atom. The molecule has 0 aliphatic heterocycles. The van der Waals surface area contributed by atoms with Gasteiger partial charge in [-0.3, -0.25) is 20.4 Å². The van der Waals surface area contributed by atoms with E-state index in [1.54, 1.807) is 30.3 Å². The summed E-state index contributed by atoms with van der Waals surface area (Å²) < 4.78 is 11.0. The van der Waals surface area contributed by atoms with Crippen molar-refractivity contribution in [1.82, 2.24) is 10.9 Å². The monoisotopic (exact) mass is 356 g/mol. The molecule has 2 rings (SSSR count). The van der Waals surface area contributed by atoms with Crippen LogP contribution in [0.2, 0.25) is 0 Å². The molecule has 138 valence electrons. The highest BCUT2D eigenvalue weighted by Gasteiger charge is 2.13. The Kier molecular flexibility index (Phi) is 7.49. The Labute approximate surface area is 153 Å². The second-order valence-electron chi connectivity index (χ2n) is 5.81. The number of aryl methyl sites for hydroxylation is 1. The molecule has 2 aromatic carbocycles. The van der Waals surface area contributed by atoms with Gasteiger partial charge in [0, 0.05) is 0 Å². The molecule has 6 nitrogen and oxygen atoms in total. The van der Waals surface area contributed by atoms with Gasteiger partial charge in [-0.25, -0.2) is 0 Å². The lowest BCUT2D eigenvalue weighted by atomic mass is 10.2. The normalized spacial score (nSPS) is 10.1. The maximum Gasteiger partial charge on any atom is 0.276 e. The highest BCUT2D eigenvalue weighted by Crippen LogP contribution is 2.18. The molecule has 2 amide bonds. The summed E-state index contributed by atoms with van der Waals surface area (Å²) in [5.74, 6) is 0.190. The van der Waals surface area contributed by atoms with E-state index in [-0.39, 0.29) is 6.61 Å². The summed E-state index contributed by atoms with van der Waals surface area (Å²) in [4.78, 5) is 24.1. The van der Waals surface area contributed by atoms with Crippen molar-refractivity contribution >= 4 is 11.8 Å². The highest BCUT2D eigenvalue weighted by molar-refractivity contribution is 5.97. The molecule has 6 heteroatoms. The predicted octanol–water partition coefficient (Wildman–Crippen LogP) is 3.01. The first-order valence-corrected chi connectivity index (χ1v) is 8.60. The zero-order valence-electron chi connectivity index (χ0n) is 15.1. The van der Waals surface area contributed by atoms with Crippen LogP contribution in [-0.2, 0) is 4.79 Å². The van der Waals surface area contributed by atoms with Crippen LogP contribution in [0.3, 0.4) is 0 Å². The molecule has 2 N–H and O–H groups in total. The molecule has 0 bridgehead atoms. The van der Waals surface area contributed by atoms with Crippen LogP contribution in [0.4, 0.5) is 0 Å². The lowest BCUT2D eigenvalue weighted by molar-refractivity contribution is -0.123. The van der Waals surface area contributed by atoms with Crippen molar-refractivity contribution in [3.63, 3.8) is 0 Å². The molecular weight excluding hydrogens is 332 g/mol. The van der Waals surface area contributed by atoms with Crippen molar-refractivity contribution in [3.05, 3.63) is 59.7 Å². The SMILES string of the molecule is CCCCOc1ccccc1C(=O)NNC(=O)COc1cccc(C)c1. The fraction of sp³-hybridized carbons (Fsp3) is 0.300. The van der Waals surface area contributed by atoms with E-state index in [1.807, 2.05) is 25.1 Å². The Morgan fingerprint density at radius 2 is 1.81 bits per heavy atom. The first-order valence-electron chi connectivity index (χ1n) is 8.60. The van der Waals surface area contributed by atoms with Gasteiger partial charge in [0.05, 0.1) is 12.2 Å². The average Bonchev–Trinajstić information content (AvgIpc) is 2.65. The predicted molar refractivity (Wildman–Crippen MR) is 99.1 cm³/mol. The molecule has 2 aromatic rings. The number of unbranched alkanes of at least 4 members (excludes halogenated alkanes) is 1. The van der Waals surface area contributed by atoms with Crippen LogP contribution in [0.25, 0.3) is 0 Å². The number of hydrogen-bond acceptors (Lipinski definition) is 4. The Hall–Kier alpha value is -3.02. The zero-order chi connectivity index (χ0) is 18.8. The summed E-state index contributed by atoms with van der Waals surface area (Å²) in [5, 5.41) is 0. The van der Waals surface area contributed by atoms with E-state index in [4.69, 9.17) is 9.47 Å². The molecule has 0 aliphatic rings. The molecule has 0 atom stereocenters. The van der Waals surface area contributed by atoms with Gasteiger partial charge in [-0.05, 0) is 43.2 Å². The van der Waals surface area contributed by atoms with E-state index in [0.717, 1.165) is 18.4 Å². The third-order valence-electron chi connectivity index (χ3n) is 3.56. The average molecular weight is 356 g/mol. The van der Waals surface area contributed by atoms with Crippen molar-refractivity contribution in [2.45, 2.75) is 26.7 Å². The number of amides is 2. The van der Waals surface area contributed by atoms with Gasteiger partial charge in [0.25, 0.3) is 11.8 Å². The van der Waals surface area contributed by atoms with Gasteiger partial charge in [-0.2, -0.15) is 0 Å². The fourth-order valence-electron chi connectivity index (χ4n) is 2.19. The van der Waals surface area contributed by atoms with Gasteiger partial charge in [-0.1, -0.05) is 37.6 Å². The summed E-state index contributed by atoms with van der Waals surface area (Å²) in [6.45, 7) is 4.35. The van der Waals surface area contributed by atoms with E-state index >= 15 is 0 Å². The van der Waals surface area contributed by atoms with E-state index in [0.29, 0.717) is 23.7 Å². The highest BCUT2D eigenvalue weighted by atomic mass is 16.5. The Morgan fingerprint density at radius 1 is 1.00 bits per heavy atom. The molecular formula is C20H24N2O4. The third-order valence-corrected chi connectivity index (χ3v) is 3.56. The number of carbonyl (C=O) groups is 2. The van der Waals surface area contributed by atoms with E-state index < -0.39 is 11.8 Å². The summed E-state index contributed by atoms with van der Waals surface area (Å²) in [5.41, 5.74) is 6.12. The molecule has 0 aliphatic carbocycles. The minimum atomic E-state index is -0.454.